The number of aromatic nitrogens is 3. The fraction of sp³-hybridized carbons (Fsp3) is 0.492. The molecule has 29 nitrogen and oxygen atoms in total. The van der Waals surface area contributed by atoms with E-state index in [1.807, 2.05) is 0 Å². The van der Waals surface area contributed by atoms with Crippen molar-refractivity contribution < 1.29 is 75.9 Å². The van der Waals surface area contributed by atoms with E-state index in [1.54, 1.807) is 76.2 Å². The van der Waals surface area contributed by atoms with Crippen molar-refractivity contribution in [1.82, 2.24) is 45.6 Å². The molecule has 0 saturated carbocycles. The second-order valence-corrected chi connectivity index (χ2v) is 23.5. The Kier molecular flexibility index (Phi) is 24.9. The Bertz CT molecular complexity index is 3700. The van der Waals surface area contributed by atoms with E-state index < -0.39 is 89.5 Å². The first kappa shape index (κ1) is 71.5. The number of fused-ring (bicyclic) bond motifs is 5. The summed E-state index contributed by atoms with van der Waals surface area (Å²) in [6, 6.07) is 10.5. The molecule has 0 spiro atoms. The maximum absolute atomic E-state index is 15.6. The molecule has 2 aromatic carbocycles. The third-order valence-electron chi connectivity index (χ3n) is 16.6. The highest BCUT2D eigenvalue weighted by Gasteiger charge is 2.51. The highest BCUT2D eigenvalue weighted by Crippen LogP contribution is 2.47. The van der Waals surface area contributed by atoms with Crippen LogP contribution in [0.3, 0.4) is 0 Å². The number of carbonyl (C=O) groups excluding carboxylic acids is 8. The van der Waals surface area contributed by atoms with Gasteiger partial charge in [0.15, 0.2) is 0 Å². The topological polar surface area (TPSA) is 394 Å². The second-order valence-electron chi connectivity index (χ2n) is 23.5. The van der Waals surface area contributed by atoms with Crippen molar-refractivity contribution in [1.29, 1.82) is 0 Å². The van der Waals surface area contributed by atoms with Gasteiger partial charge < -0.3 is 91.3 Å². The molecule has 0 saturated heterocycles. The molecule has 11 N–H and O–H groups in total. The molecule has 4 atom stereocenters. The lowest BCUT2D eigenvalue weighted by Crippen LogP contribution is -2.54. The Morgan fingerprint density at radius 1 is 0.842 bits per heavy atom. The molecule has 5 aromatic rings. The standard InChI is InChI=1S/C65H84FN13O16/c1-7-65(44-32-50-56-42(34-79(50)60(84)43(44)36-93-61(65)85)54-46(74-58(82)47-10-8-12-51(68)72-47)18-17-41-38(4)45(66)33-49(73-56)53(41)54)95-64(88)78(6)23-22-77(5)63(87)94-35-39-13-15-40(16-14-39)71-57(81)48(11-9-21-70-62(69)86)75-59(83)55(37(2)3)76-52(80)19-24-89-26-28-91-30-31-92-29-27-90-25-20-67/h8,10,12-16,32-33,37,46,48,55H,7,9,11,17-31,34-36,67H2,1-6H3,(H2,68,72)(H,71,81)(H,74,82)(H,75,83)(H,76,80)(H3,69,70,86)/t46-,48+,55+,65-/m1/s1. The van der Waals surface area contributed by atoms with Crippen LogP contribution in [-0.2, 0) is 84.1 Å². The number of nitrogen functional groups attached to an aromatic ring is 1. The molecule has 95 heavy (non-hydrogen) atoms. The van der Waals surface area contributed by atoms with E-state index in [1.165, 1.54) is 29.6 Å². The van der Waals surface area contributed by atoms with Crippen molar-refractivity contribution in [2.75, 3.05) is 104 Å². The largest absolute Gasteiger partial charge is 0.457 e. The maximum atomic E-state index is 15.6. The third-order valence-corrected chi connectivity index (χ3v) is 16.6. The van der Waals surface area contributed by atoms with Gasteiger partial charge in [0.2, 0.25) is 23.3 Å². The highest BCUT2D eigenvalue weighted by atomic mass is 19.1. The van der Waals surface area contributed by atoms with Crippen molar-refractivity contribution in [3.63, 3.8) is 0 Å². The molecule has 0 unspecified atom stereocenters. The first-order chi connectivity index (χ1) is 45.5. The first-order valence-corrected chi connectivity index (χ1v) is 31.5. The molecule has 512 valence electrons. The number of primary amides is 1. The smallest absolute Gasteiger partial charge is 0.411 e. The predicted molar refractivity (Wildman–Crippen MR) is 344 cm³/mol. The molecular weight excluding hydrogens is 1240 g/mol. The number of likely N-dealkylation sites (N-methyl/N-ethyl adjacent to an activating group) is 2. The van der Waals surface area contributed by atoms with E-state index in [2.05, 4.69) is 31.6 Å². The van der Waals surface area contributed by atoms with Gasteiger partial charge in [0.25, 0.3) is 11.5 Å². The van der Waals surface area contributed by atoms with Crippen molar-refractivity contribution in [2.24, 2.45) is 17.4 Å². The molecule has 0 bridgehead atoms. The van der Waals surface area contributed by atoms with Gasteiger partial charge in [0, 0.05) is 75.0 Å². The van der Waals surface area contributed by atoms with Gasteiger partial charge in [-0.15, -0.1) is 0 Å². The normalized spacial score (nSPS) is 15.7. The van der Waals surface area contributed by atoms with Crippen molar-refractivity contribution >= 4 is 70.2 Å². The van der Waals surface area contributed by atoms with E-state index in [0.29, 0.717) is 97.0 Å². The van der Waals surface area contributed by atoms with Crippen LogP contribution in [0.25, 0.3) is 22.3 Å². The second kappa shape index (κ2) is 33.2. The number of carbonyl (C=O) groups is 8. The lowest BCUT2D eigenvalue weighted by Gasteiger charge is -2.36. The molecule has 8 amide bonds. The monoisotopic (exact) mass is 1320 g/mol. The van der Waals surface area contributed by atoms with E-state index in [-0.39, 0.29) is 113 Å². The van der Waals surface area contributed by atoms with Gasteiger partial charge >= 0.3 is 24.2 Å². The number of ether oxygens (including phenoxy) is 7. The number of aryl methyl sites for hydroxylation is 1. The van der Waals surface area contributed by atoms with Crippen molar-refractivity contribution in [3.05, 3.63) is 115 Å². The minimum atomic E-state index is -2.10. The quantitative estimate of drug-likeness (QED) is 0.0165. The summed E-state index contributed by atoms with van der Waals surface area (Å²) in [6.45, 7) is 9.29. The number of nitrogens with two attached hydrogens (primary N) is 3. The number of urea groups is 1. The van der Waals surface area contributed by atoms with Crippen molar-refractivity contribution in [2.45, 2.75) is 110 Å². The lowest BCUT2D eigenvalue weighted by molar-refractivity contribution is -0.173. The Morgan fingerprint density at radius 2 is 1.52 bits per heavy atom. The number of cyclic esters (lactones) is 1. The average Bonchev–Trinajstić information content (AvgIpc) is 1.62. The van der Waals surface area contributed by atoms with E-state index in [0.717, 1.165) is 10.5 Å². The summed E-state index contributed by atoms with van der Waals surface area (Å²) in [5.74, 6) is -3.71. The van der Waals surface area contributed by atoms with Crippen LogP contribution < -0.4 is 49.3 Å². The Morgan fingerprint density at radius 3 is 2.17 bits per heavy atom. The van der Waals surface area contributed by atoms with Gasteiger partial charge in [-0.05, 0) is 97.5 Å². The van der Waals surface area contributed by atoms with Crippen LogP contribution in [0.1, 0.15) is 108 Å². The summed E-state index contributed by atoms with van der Waals surface area (Å²) in [4.78, 5) is 133. The fourth-order valence-corrected chi connectivity index (χ4v) is 11.4. The highest BCUT2D eigenvalue weighted by molar-refractivity contribution is 5.99. The molecule has 30 heteroatoms. The molecule has 3 aromatic heterocycles. The molecule has 1 aliphatic carbocycles. The molecule has 8 rings (SSSR count). The number of anilines is 2. The number of esters is 1. The van der Waals surface area contributed by atoms with E-state index in [4.69, 9.17) is 55.3 Å². The number of hydrogen-bond acceptors (Lipinski definition) is 20. The number of amides is 8. The fourth-order valence-electron chi connectivity index (χ4n) is 11.4. The number of nitrogens with zero attached hydrogens (tertiary/aromatic N) is 5. The Balaban J connectivity index is 0.843. The summed E-state index contributed by atoms with van der Waals surface area (Å²) >= 11 is 0. The number of halogens is 1. The summed E-state index contributed by atoms with van der Waals surface area (Å²) < 4.78 is 56.0. The zero-order valence-electron chi connectivity index (χ0n) is 54.2. The van der Waals surface area contributed by atoms with E-state index >= 15 is 4.39 Å². The lowest BCUT2D eigenvalue weighted by atomic mass is 9.81. The molecule has 2 aliphatic heterocycles. The van der Waals surface area contributed by atoms with Crippen LogP contribution in [0.2, 0.25) is 0 Å². The minimum absolute atomic E-state index is 0.0203. The van der Waals surface area contributed by atoms with Gasteiger partial charge in [-0.1, -0.05) is 39.0 Å². The minimum Gasteiger partial charge on any atom is -0.457 e. The summed E-state index contributed by atoms with van der Waals surface area (Å²) in [7, 11) is 2.86. The first-order valence-electron chi connectivity index (χ1n) is 31.5. The average molecular weight is 1320 g/mol. The molecule has 5 heterocycles. The third kappa shape index (κ3) is 17.7. The van der Waals surface area contributed by atoms with Gasteiger partial charge in [0.1, 0.15) is 42.6 Å². The molecule has 3 aliphatic rings. The van der Waals surface area contributed by atoms with Crippen LogP contribution >= 0.6 is 0 Å². The summed E-state index contributed by atoms with van der Waals surface area (Å²) in [5.41, 5.74) is 18.4. The van der Waals surface area contributed by atoms with Crippen LogP contribution in [0, 0.1) is 18.7 Å². The van der Waals surface area contributed by atoms with Gasteiger partial charge in [-0.3, -0.25) is 24.0 Å². The summed E-state index contributed by atoms with van der Waals surface area (Å²) in [6.07, 6.45) is -0.739. The number of pyridine rings is 3. The van der Waals surface area contributed by atoms with Crippen LogP contribution in [0.5, 0.6) is 0 Å². The molecule has 0 radical (unpaired) electrons. The Labute approximate surface area is 547 Å². The number of nitrogens with one attached hydrogen (secondary N) is 5. The predicted octanol–water partition coefficient (Wildman–Crippen LogP) is 3.69. The van der Waals surface area contributed by atoms with Gasteiger partial charge in [-0.2, -0.15) is 0 Å². The molecular formula is C65H84FN13O16. The zero-order valence-corrected chi connectivity index (χ0v) is 54.2. The van der Waals surface area contributed by atoms with E-state index in [9.17, 15) is 43.2 Å². The molecule has 0 fully saturated rings. The zero-order chi connectivity index (χ0) is 68.5. The summed E-state index contributed by atoms with van der Waals surface area (Å²) in [5, 5.41) is 14.5. The SMILES string of the molecule is CC[C@]1(OC(=O)N(C)CCN(C)C(=O)OCc2ccc(NC(=O)[C@H](CCCNC(N)=O)NC(=O)[C@@H](NC(=O)CCOCCOCCOCCOCCN)C(C)C)cc2)C(=O)OCc2c1cc1n(c2=O)Cc2c-1nc1cc(F)c(C)c3c1c2[C@H](NC(=O)c1cccc(N)n1)CC3. The van der Waals surface area contributed by atoms with Crippen molar-refractivity contribution in [3.8, 4) is 11.4 Å². The number of rotatable bonds is 33. The van der Waals surface area contributed by atoms with Gasteiger partial charge in [-0.25, -0.2) is 33.5 Å². The van der Waals surface area contributed by atoms with Gasteiger partial charge in [0.05, 0.1) is 87.9 Å². The van der Waals surface area contributed by atoms with Crippen LogP contribution in [-0.4, -0.2) is 177 Å². The number of benzene rings is 2. The van der Waals surface area contributed by atoms with Crippen LogP contribution in [0.15, 0.2) is 59.4 Å². The Hall–Kier alpha value is -9.36. The maximum Gasteiger partial charge on any atom is 0.411 e. The van der Waals surface area contributed by atoms with Crippen LogP contribution in [0.4, 0.5) is 30.3 Å². The number of hydrogen-bond donors (Lipinski definition) is 8.